The number of hydrogen-bond acceptors (Lipinski definition) is 1. The van der Waals surface area contributed by atoms with Gasteiger partial charge in [0, 0.05) is 10.6 Å². The van der Waals surface area contributed by atoms with Crippen molar-refractivity contribution in [2.45, 2.75) is 32.1 Å². The van der Waals surface area contributed by atoms with Gasteiger partial charge in [-0.15, -0.1) is 0 Å². The zero-order valence-corrected chi connectivity index (χ0v) is 13.3. The zero-order chi connectivity index (χ0) is 16.3. The Morgan fingerprint density at radius 3 is 2.32 bits per heavy atom. The van der Waals surface area contributed by atoms with E-state index in [1.54, 1.807) is 0 Å². The normalized spacial score (nSPS) is 12.4. The first-order valence-electron chi connectivity index (χ1n) is 7.15. The highest BCUT2D eigenvalue weighted by Gasteiger charge is 2.26. The smallest absolute Gasteiger partial charge is 0.311 e. The molecule has 0 saturated heterocycles. The van der Waals surface area contributed by atoms with Gasteiger partial charge in [-0.05, 0) is 35.6 Å². The van der Waals surface area contributed by atoms with Crippen molar-refractivity contribution < 1.29 is 14.3 Å². The number of hydrogen-bond donors (Lipinski definition) is 1. The van der Waals surface area contributed by atoms with Gasteiger partial charge in [-0.2, -0.15) is 0 Å². The van der Waals surface area contributed by atoms with E-state index in [4.69, 9.17) is 11.6 Å². The molecule has 0 spiro atoms. The van der Waals surface area contributed by atoms with Crippen LogP contribution in [0.4, 0.5) is 4.39 Å². The third kappa shape index (κ3) is 3.66. The van der Waals surface area contributed by atoms with Gasteiger partial charge in [-0.1, -0.05) is 55.8 Å². The van der Waals surface area contributed by atoms with Crippen LogP contribution in [-0.4, -0.2) is 11.1 Å². The molecule has 4 heteroatoms. The third-order valence-electron chi connectivity index (χ3n) is 3.73. The van der Waals surface area contributed by atoms with Crippen LogP contribution in [0.25, 0.3) is 0 Å². The van der Waals surface area contributed by atoms with Crippen molar-refractivity contribution in [3.8, 4) is 0 Å². The van der Waals surface area contributed by atoms with Crippen LogP contribution in [-0.2, 0) is 11.2 Å². The van der Waals surface area contributed by atoms with Crippen molar-refractivity contribution in [3.63, 3.8) is 0 Å². The summed E-state index contributed by atoms with van der Waals surface area (Å²) in [6.07, 6.45) is 0.203. The molecule has 2 aromatic rings. The second-order valence-corrected chi connectivity index (χ2v) is 6.03. The van der Waals surface area contributed by atoms with Gasteiger partial charge in [-0.3, -0.25) is 4.79 Å². The molecule has 0 aromatic heterocycles. The predicted molar refractivity (Wildman–Crippen MR) is 86.0 cm³/mol. The first kappa shape index (κ1) is 16.5. The van der Waals surface area contributed by atoms with Gasteiger partial charge in [0.2, 0.25) is 0 Å². The summed E-state index contributed by atoms with van der Waals surface area (Å²) in [4.78, 5) is 11.6. The number of aliphatic carboxylic acids is 1. The highest BCUT2D eigenvalue weighted by atomic mass is 35.5. The molecule has 1 N–H and O–H groups in total. The number of halogens is 2. The van der Waals surface area contributed by atoms with Gasteiger partial charge in [0.25, 0.3) is 0 Å². The number of benzene rings is 2. The molecule has 0 aliphatic rings. The molecule has 1 atom stereocenters. The molecule has 0 radical (unpaired) electrons. The third-order valence-corrected chi connectivity index (χ3v) is 4.06. The van der Waals surface area contributed by atoms with Crippen LogP contribution in [0.2, 0.25) is 5.02 Å². The van der Waals surface area contributed by atoms with E-state index >= 15 is 0 Å². The van der Waals surface area contributed by atoms with E-state index in [2.05, 4.69) is 13.8 Å². The fraction of sp³-hybridized carbons (Fsp3) is 0.278. The maximum absolute atomic E-state index is 14.0. The molecule has 0 heterocycles. The van der Waals surface area contributed by atoms with Gasteiger partial charge in [0.1, 0.15) is 5.82 Å². The van der Waals surface area contributed by atoms with Crippen molar-refractivity contribution in [2.75, 3.05) is 0 Å². The molecule has 22 heavy (non-hydrogen) atoms. The highest BCUT2D eigenvalue weighted by Crippen LogP contribution is 2.30. The molecule has 0 aliphatic carbocycles. The summed E-state index contributed by atoms with van der Waals surface area (Å²) in [5.74, 6) is -2.26. The van der Waals surface area contributed by atoms with Crippen molar-refractivity contribution >= 4 is 17.6 Å². The van der Waals surface area contributed by atoms with Gasteiger partial charge in [0.05, 0.1) is 5.92 Å². The SMILES string of the molecule is CC(C)c1ccc(CC(C(=O)O)c2c(F)cccc2Cl)cc1. The average Bonchev–Trinajstić information content (AvgIpc) is 2.46. The summed E-state index contributed by atoms with van der Waals surface area (Å²) in [6.45, 7) is 4.18. The lowest BCUT2D eigenvalue weighted by molar-refractivity contribution is -0.138. The average molecular weight is 321 g/mol. The summed E-state index contributed by atoms with van der Waals surface area (Å²) in [6, 6.07) is 11.9. The van der Waals surface area contributed by atoms with Crippen LogP contribution in [0.3, 0.4) is 0 Å². The lowest BCUT2D eigenvalue weighted by Crippen LogP contribution is -2.16. The number of carbonyl (C=O) groups is 1. The Hall–Kier alpha value is -1.87. The van der Waals surface area contributed by atoms with Crippen LogP contribution in [0, 0.1) is 5.82 Å². The highest BCUT2D eigenvalue weighted by molar-refractivity contribution is 6.31. The van der Waals surface area contributed by atoms with Gasteiger partial charge >= 0.3 is 5.97 Å². The van der Waals surface area contributed by atoms with Crippen molar-refractivity contribution in [1.82, 2.24) is 0 Å². The van der Waals surface area contributed by atoms with Crippen molar-refractivity contribution in [1.29, 1.82) is 0 Å². The molecule has 2 nitrogen and oxygen atoms in total. The molecule has 0 amide bonds. The lowest BCUT2D eigenvalue weighted by atomic mass is 9.90. The van der Waals surface area contributed by atoms with E-state index in [0.717, 1.165) is 5.56 Å². The number of carboxylic acid groups (broad SMARTS) is 1. The molecule has 0 aliphatic heterocycles. The summed E-state index contributed by atoms with van der Waals surface area (Å²) in [5, 5.41) is 9.60. The minimum atomic E-state index is -1.08. The van der Waals surface area contributed by atoms with Crippen molar-refractivity contribution in [2.24, 2.45) is 0 Å². The second-order valence-electron chi connectivity index (χ2n) is 5.63. The second kappa shape index (κ2) is 6.93. The zero-order valence-electron chi connectivity index (χ0n) is 12.5. The fourth-order valence-corrected chi connectivity index (χ4v) is 2.73. The molecule has 116 valence electrons. The Morgan fingerprint density at radius 2 is 1.82 bits per heavy atom. The Labute approximate surface area is 134 Å². The first-order chi connectivity index (χ1) is 10.4. The van der Waals surface area contributed by atoms with E-state index in [9.17, 15) is 14.3 Å². The molecule has 0 fully saturated rings. The maximum atomic E-state index is 14.0. The van der Waals surface area contributed by atoms with E-state index in [0.29, 0.717) is 5.92 Å². The topological polar surface area (TPSA) is 37.3 Å². The van der Waals surface area contributed by atoms with Crippen LogP contribution >= 0.6 is 11.6 Å². The molecular formula is C18H18ClFO2. The summed E-state index contributed by atoms with van der Waals surface area (Å²) >= 11 is 6.00. The Balaban J connectivity index is 2.32. The molecule has 0 bridgehead atoms. The van der Waals surface area contributed by atoms with Crippen molar-refractivity contribution in [3.05, 3.63) is 70.0 Å². The molecule has 0 saturated carbocycles. The van der Waals surface area contributed by atoms with Crippen LogP contribution in [0.5, 0.6) is 0 Å². The Bertz CT molecular complexity index is 645. The molecule has 2 aromatic carbocycles. The van der Waals surface area contributed by atoms with E-state index in [-0.39, 0.29) is 17.0 Å². The minimum absolute atomic E-state index is 0.0459. The summed E-state index contributed by atoms with van der Waals surface area (Å²) in [5.41, 5.74) is 2.07. The Kier molecular flexibility index (Phi) is 5.19. The predicted octanol–water partition coefficient (Wildman–Crippen LogP) is 5.01. The van der Waals surface area contributed by atoms with E-state index < -0.39 is 17.7 Å². The first-order valence-corrected chi connectivity index (χ1v) is 7.53. The number of rotatable bonds is 5. The summed E-state index contributed by atoms with van der Waals surface area (Å²) in [7, 11) is 0. The fourth-order valence-electron chi connectivity index (χ4n) is 2.43. The monoisotopic (exact) mass is 320 g/mol. The quantitative estimate of drug-likeness (QED) is 0.840. The van der Waals surface area contributed by atoms with Crippen LogP contribution < -0.4 is 0 Å². The Morgan fingerprint density at radius 1 is 1.18 bits per heavy atom. The maximum Gasteiger partial charge on any atom is 0.311 e. The largest absolute Gasteiger partial charge is 0.481 e. The van der Waals surface area contributed by atoms with E-state index in [1.807, 2.05) is 24.3 Å². The van der Waals surface area contributed by atoms with Crippen LogP contribution in [0.1, 0.15) is 42.4 Å². The number of carboxylic acids is 1. The molecule has 1 unspecified atom stereocenters. The lowest BCUT2D eigenvalue weighted by Gasteiger charge is -2.16. The van der Waals surface area contributed by atoms with Gasteiger partial charge in [-0.25, -0.2) is 4.39 Å². The minimum Gasteiger partial charge on any atom is -0.481 e. The molecular weight excluding hydrogens is 303 g/mol. The molecule has 2 rings (SSSR count). The van der Waals surface area contributed by atoms with Gasteiger partial charge in [0.15, 0.2) is 0 Å². The van der Waals surface area contributed by atoms with Gasteiger partial charge < -0.3 is 5.11 Å². The summed E-state index contributed by atoms with van der Waals surface area (Å²) < 4.78 is 14.0. The standard InChI is InChI=1S/C18H18ClFO2/c1-11(2)13-8-6-12(7-9-13)10-14(18(21)22)17-15(19)4-3-5-16(17)20/h3-9,11,14H,10H2,1-2H3,(H,21,22). The van der Waals surface area contributed by atoms with Crippen LogP contribution in [0.15, 0.2) is 42.5 Å². The van der Waals surface area contributed by atoms with E-state index in [1.165, 1.54) is 23.8 Å².